The molecule has 0 amide bonds. The number of para-hydroxylation sites is 1. The summed E-state index contributed by atoms with van der Waals surface area (Å²) in [4.78, 5) is 11.8. The number of halogens is 1. The molecule has 3 rings (SSSR count). The molecule has 0 unspecified atom stereocenters. The van der Waals surface area contributed by atoms with Gasteiger partial charge in [0.05, 0.1) is 11.4 Å². The molecule has 4 heteroatoms. The van der Waals surface area contributed by atoms with E-state index in [9.17, 15) is 4.79 Å². The fourth-order valence-corrected chi connectivity index (χ4v) is 2.27. The van der Waals surface area contributed by atoms with E-state index >= 15 is 0 Å². The van der Waals surface area contributed by atoms with Crippen molar-refractivity contribution in [2.45, 2.75) is 0 Å². The van der Waals surface area contributed by atoms with Crippen molar-refractivity contribution in [2.75, 3.05) is 0 Å². The molecule has 0 aliphatic carbocycles. The minimum absolute atomic E-state index is 0.204. The zero-order valence-corrected chi connectivity index (χ0v) is 10.8. The Bertz CT molecular complexity index is 745. The normalized spacial score (nSPS) is 10.6. The van der Waals surface area contributed by atoms with Gasteiger partial charge in [0.1, 0.15) is 5.02 Å². The largest absolute Gasteiger partial charge is 0.283 e. The van der Waals surface area contributed by atoms with E-state index in [1.165, 1.54) is 0 Å². The predicted octanol–water partition coefficient (Wildman–Crippen LogP) is 3.49. The molecular formula is C15H11ClN2O. The molecule has 2 aromatic carbocycles. The van der Waals surface area contributed by atoms with Crippen LogP contribution < -0.4 is 5.56 Å². The second kappa shape index (κ2) is 4.78. The average Bonchev–Trinajstić information content (AvgIpc) is 2.77. The van der Waals surface area contributed by atoms with Crippen LogP contribution in [0.3, 0.4) is 0 Å². The molecule has 3 nitrogen and oxygen atoms in total. The smallest absolute Gasteiger partial charge is 0.266 e. The Hall–Kier alpha value is -2.26. The van der Waals surface area contributed by atoms with E-state index in [0.717, 1.165) is 11.3 Å². The topological polar surface area (TPSA) is 37.8 Å². The summed E-state index contributed by atoms with van der Waals surface area (Å²) in [6, 6.07) is 19.2. The summed E-state index contributed by atoms with van der Waals surface area (Å²) in [7, 11) is 0. The van der Waals surface area contributed by atoms with Gasteiger partial charge >= 0.3 is 0 Å². The Kier molecular flexibility index (Phi) is 2.97. The van der Waals surface area contributed by atoms with Gasteiger partial charge in [0.25, 0.3) is 5.56 Å². The minimum Gasteiger partial charge on any atom is -0.266 e. The molecule has 1 aromatic heterocycles. The maximum Gasteiger partial charge on any atom is 0.283 e. The third-order valence-corrected chi connectivity index (χ3v) is 3.26. The van der Waals surface area contributed by atoms with Gasteiger partial charge in [-0.05, 0) is 12.1 Å². The van der Waals surface area contributed by atoms with Crippen LogP contribution in [0.15, 0.2) is 65.5 Å². The third kappa shape index (κ3) is 2.09. The molecule has 19 heavy (non-hydrogen) atoms. The molecule has 0 saturated carbocycles. The first-order valence-electron chi connectivity index (χ1n) is 5.89. The van der Waals surface area contributed by atoms with Gasteiger partial charge in [-0.25, -0.2) is 0 Å². The molecule has 0 aliphatic rings. The number of nitrogens with one attached hydrogen (secondary N) is 1. The van der Waals surface area contributed by atoms with Gasteiger partial charge in [-0.15, -0.1) is 0 Å². The van der Waals surface area contributed by atoms with Crippen LogP contribution >= 0.6 is 11.6 Å². The number of hydrogen-bond acceptors (Lipinski definition) is 1. The van der Waals surface area contributed by atoms with Crippen molar-refractivity contribution in [1.29, 1.82) is 0 Å². The number of H-pyrrole nitrogens is 1. The molecule has 0 bridgehead atoms. The van der Waals surface area contributed by atoms with Gasteiger partial charge in [-0.1, -0.05) is 60.1 Å². The quantitative estimate of drug-likeness (QED) is 0.760. The Labute approximate surface area is 115 Å². The van der Waals surface area contributed by atoms with Gasteiger partial charge in [0.2, 0.25) is 0 Å². The molecule has 0 fully saturated rings. The molecule has 94 valence electrons. The van der Waals surface area contributed by atoms with E-state index < -0.39 is 0 Å². The summed E-state index contributed by atoms with van der Waals surface area (Å²) in [5, 5.41) is 2.96. The number of aromatic nitrogens is 2. The number of rotatable bonds is 2. The van der Waals surface area contributed by atoms with Gasteiger partial charge in [-0.3, -0.25) is 14.6 Å². The average molecular weight is 271 g/mol. The highest BCUT2D eigenvalue weighted by Crippen LogP contribution is 2.27. The number of nitrogens with zero attached hydrogens (tertiary/aromatic N) is 1. The van der Waals surface area contributed by atoms with E-state index in [-0.39, 0.29) is 10.6 Å². The first kappa shape index (κ1) is 11.8. The predicted molar refractivity (Wildman–Crippen MR) is 76.8 cm³/mol. The SMILES string of the molecule is O=c1[nH]n(-c2ccccc2)c(-c2ccccc2)c1Cl. The van der Waals surface area contributed by atoms with Crippen molar-refractivity contribution in [3.63, 3.8) is 0 Å². The van der Waals surface area contributed by atoms with Crippen molar-refractivity contribution < 1.29 is 0 Å². The van der Waals surface area contributed by atoms with Crippen molar-refractivity contribution in [3.8, 4) is 16.9 Å². The molecule has 0 spiro atoms. The summed E-state index contributed by atoms with van der Waals surface area (Å²) in [6.45, 7) is 0. The van der Waals surface area contributed by atoms with Gasteiger partial charge in [0.15, 0.2) is 0 Å². The van der Waals surface area contributed by atoms with Crippen molar-refractivity contribution >= 4 is 11.6 Å². The van der Waals surface area contributed by atoms with Crippen LogP contribution in [0.2, 0.25) is 5.02 Å². The number of hydrogen-bond donors (Lipinski definition) is 1. The zero-order valence-electron chi connectivity index (χ0n) is 10.0. The van der Waals surface area contributed by atoms with E-state index in [1.54, 1.807) is 4.68 Å². The zero-order chi connectivity index (χ0) is 13.2. The minimum atomic E-state index is -0.288. The molecule has 3 aromatic rings. The second-order valence-electron chi connectivity index (χ2n) is 4.14. The Morgan fingerprint density at radius 1 is 0.895 bits per heavy atom. The molecular weight excluding hydrogens is 260 g/mol. The van der Waals surface area contributed by atoms with Crippen LogP contribution in [0, 0.1) is 0 Å². The highest BCUT2D eigenvalue weighted by molar-refractivity contribution is 6.33. The van der Waals surface area contributed by atoms with Gasteiger partial charge < -0.3 is 0 Å². The summed E-state index contributed by atoms with van der Waals surface area (Å²) in [5.41, 5.74) is 2.16. The molecule has 1 heterocycles. The number of aromatic amines is 1. The summed E-state index contributed by atoms with van der Waals surface area (Å²) >= 11 is 6.13. The molecule has 0 aliphatic heterocycles. The Morgan fingerprint density at radius 3 is 2.11 bits per heavy atom. The van der Waals surface area contributed by atoms with Crippen LogP contribution in [0.5, 0.6) is 0 Å². The third-order valence-electron chi connectivity index (χ3n) is 2.91. The van der Waals surface area contributed by atoms with E-state index in [1.807, 2.05) is 60.7 Å². The summed E-state index contributed by atoms with van der Waals surface area (Å²) in [6.07, 6.45) is 0. The second-order valence-corrected chi connectivity index (χ2v) is 4.52. The number of benzene rings is 2. The first-order chi connectivity index (χ1) is 9.27. The molecule has 0 radical (unpaired) electrons. The van der Waals surface area contributed by atoms with Gasteiger partial charge in [-0.2, -0.15) is 0 Å². The maximum absolute atomic E-state index is 11.8. The molecule has 0 atom stereocenters. The first-order valence-corrected chi connectivity index (χ1v) is 6.26. The van der Waals surface area contributed by atoms with Crippen LogP contribution in [0.25, 0.3) is 16.9 Å². The van der Waals surface area contributed by atoms with E-state index in [2.05, 4.69) is 5.10 Å². The van der Waals surface area contributed by atoms with E-state index in [0.29, 0.717) is 5.69 Å². The van der Waals surface area contributed by atoms with Crippen molar-refractivity contribution in [1.82, 2.24) is 9.78 Å². The fraction of sp³-hybridized carbons (Fsp3) is 0. The lowest BCUT2D eigenvalue weighted by Gasteiger charge is -2.08. The van der Waals surface area contributed by atoms with Crippen molar-refractivity contribution in [2.24, 2.45) is 0 Å². The van der Waals surface area contributed by atoms with Gasteiger partial charge in [0, 0.05) is 5.56 Å². The Balaban J connectivity index is 2.28. The Morgan fingerprint density at radius 2 is 1.47 bits per heavy atom. The monoisotopic (exact) mass is 270 g/mol. The lowest BCUT2D eigenvalue weighted by Crippen LogP contribution is -2.04. The standard InChI is InChI=1S/C15H11ClN2O/c16-13-14(11-7-3-1-4-8-11)18(17-15(13)19)12-9-5-2-6-10-12/h1-10H,(H,17,19). The highest BCUT2D eigenvalue weighted by atomic mass is 35.5. The lowest BCUT2D eigenvalue weighted by atomic mass is 10.1. The van der Waals surface area contributed by atoms with Crippen LogP contribution in [0.1, 0.15) is 0 Å². The van der Waals surface area contributed by atoms with E-state index in [4.69, 9.17) is 11.6 Å². The van der Waals surface area contributed by atoms with Crippen molar-refractivity contribution in [3.05, 3.63) is 76.0 Å². The summed E-state index contributed by atoms with van der Waals surface area (Å²) < 4.78 is 1.71. The van der Waals surface area contributed by atoms with Crippen LogP contribution in [-0.4, -0.2) is 9.78 Å². The molecule has 0 saturated heterocycles. The van der Waals surface area contributed by atoms with Crippen LogP contribution in [-0.2, 0) is 0 Å². The fourth-order valence-electron chi connectivity index (χ4n) is 2.03. The van der Waals surface area contributed by atoms with Crippen LogP contribution in [0.4, 0.5) is 0 Å². The lowest BCUT2D eigenvalue weighted by molar-refractivity contribution is 0.871. The summed E-state index contributed by atoms with van der Waals surface area (Å²) in [5.74, 6) is 0. The maximum atomic E-state index is 11.8. The highest BCUT2D eigenvalue weighted by Gasteiger charge is 2.15. The molecule has 1 N–H and O–H groups in total.